The minimum absolute atomic E-state index is 0.00393. The molecule has 0 unspecified atom stereocenters. The van der Waals surface area contributed by atoms with E-state index in [1.165, 1.54) is 5.56 Å². The van der Waals surface area contributed by atoms with Gasteiger partial charge in [-0.15, -0.1) is 0 Å². The summed E-state index contributed by atoms with van der Waals surface area (Å²) in [4.78, 5) is 16.6. The van der Waals surface area contributed by atoms with Crippen LogP contribution in [-0.4, -0.2) is 43.7 Å². The van der Waals surface area contributed by atoms with E-state index in [4.69, 9.17) is 4.74 Å². The molecule has 2 aromatic rings. The Labute approximate surface area is 155 Å². The number of amides is 2. The van der Waals surface area contributed by atoms with Crippen LogP contribution < -0.4 is 15.0 Å². The molecule has 0 bridgehead atoms. The van der Waals surface area contributed by atoms with Gasteiger partial charge in [0, 0.05) is 32.7 Å². The molecule has 0 aliphatic carbocycles. The lowest BCUT2D eigenvalue weighted by molar-refractivity contribution is 0.194. The number of rotatable bonds is 5. The molecule has 2 amide bonds. The third-order valence-corrected chi connectivity index (χ3v) is 4.60. The highest BCUT2D eigenvalue weighted by atomic mass is 16.5. The highest BCUT2D eigenvalue weighted by Gasteiger charge is 2.22. The smallest absolute Gasteiger partial charge is 0.317 e. The number of anilines is 1. The van der Waals surface area contributed by atoms with Gasteiger partial charge in [-0.3, -0.25) is 0 Å². The highest BCUT2D eigenvalue weighted by Crippen LogP contribution is 2.28. The molecule has 1 aliphatic rings. The summed E-state index contributed by atoms with van der Waals surface area (Å²) in [5.74, 6) is 0.910. The number of hydrogen-bond acceptors (Lipinski definition) is 3. The van der Waals surface area contributed by atoms with Crippen LogP contribution in [0.2, 0.25) is 0 Å². The topological polar surface area (TPSA) is 44.8 Å². The van der Waals surface area contributed by atoms with Gasteiger partial charge in [0.15, 0.2) is 0 Å². The molecular weight excluding hydrogens is 326 g/mol. The van der Waals surface area contributed by atoms with Crippen molar-refractivity contribution in [1.29, 1.82) is 0 Å². The molecule has 26 heavy (non-hydrogen) atoms. The van der Waals surface area contributed by atoms with Gasteiger partial charge in [-0.05, 0) is 31.5 Å². The zero-order chi connectivity index (χ0) is 18.4. The molecule has 3 rings (SSSR count). The molecule has 0 aromatic heterocycles. The molecule has 2 aromatic carbocycles. The second-order valence-corrected chi connectivity index (χ2v) is 6.52. The summed E-state index contributed by atoms with van der Waals surface area (Å²) in [6.45, 7) is 8.30. The third-order valence-electron chi connectivity index (χ3n) is 4.60. The summed E-state index contributed by atoms with van der Waals surface area (Å²) in [6, 6.07) is 16.3. The van der Waals surface area contributed by atoms with E-state index in [1.807, 2.05) is 42.2 Å². The number of para-hydroxylation sites is 2. The Morgan fingerprint density at radius 3 is 2.58 bits per heavy atom. The number of benzene rings is 2. The van der Waals surface area contributed by atoms with Crippen molar-refractivity contribution in [3.63, 3.8) is 0 Å². The summed E-state index contributed by atoms with van der Waals surface area (Å²) < 4.78 is 5.73. The molecule has 1 aliphatic heterocycles. The van der Waals surface area contributed by atoms with Gasteiger partial charge in [-0.1, -0.05) is 42.0 Å². The average molecular weight is 353 g/mol. The standard InChI is InChI=1S/C21H27N3O2/c1-3-26-20-10-5-4-9-19(20)23-11-13-24(14-12-23)21(25)22-16-18-8-6-7-17(2)15-18/h4-10,15H,3,11-14,16H2,1-2H3,(H,22,25). The Morgan fingerprint density at radius 2 is 1.85 bits per heavy atom. The van der Waals surface area contributed by atoms with E-state index >= 15 is 0 Å². The predicted octanol–water partition coefficient (Wildman–Crippen LogP) is 3.43. The average Bonchev–Trinajstić information content (AvgIpc) is 2.67. The van der Waals surface area contributed by atoms with Crippen LogP contribution in [0.1, 0.15) is 18.1 Å². The molecule has 0 saturated carbocycles. The van der Waals surface area contributed by atoms with Crippen LogP contribution in [0, 0.1) is 6.92 Å². The SMILES string of the molecule is CCOc1ccccc1N1CCN(C(=O)NCc2cccc(C)c2)CC1. The van der Waals surface area contributed by atoms with Crippen LogP contribution in [0.25, 0.3) is 0 Å². The summed E-state index contributed by atoms with van der Waals surface area (Å²) >= 11 is 0. The largest absolute Gasteiger partial charge is 0.492 e. The molecular formula is C21H27N3O2. The molecule has 0 atom stereocenters. The number of carbonyl (C=O) groups excluding carboxylic acids is 1. The summed E-state index contributed by atoms with van der Waals surface area (Å²) in [7, 11) is 0. The maximum absolute atomic E-state index is 12.4. The molecule has 0 radical (unpaired) electrons. The van der Waals surface area contributed by atoms with Gasteiger partial charge in [-0.25, -0.2) is 4.79 Å². The number of piperazine rings is 1. The van der Waals surface area contributed by atoms with Gasteiger partial charge in [-0.2, -0.15) is 0 Å². The maximum Gasteiger partial charge on any atom is 0.317 e. The minimum Gasteiger partial charge on any atom is -0.492 e. The highest BCUT2D eigenvalue weighted by molar-refractivity contribution is 5.74. The van der Waals surface area contributed by atoms with Crippen molar-refractivity contribution in [3.8, 4) is 5.75 Å². The Morgan fingerprint density at radius 1 is 1.08 bits per heavy atom. The zero-order valence-corrected chi connectivity index (χ0v) is 15.6. The molecule has 138 valence electrons. The van der Waals surface area contributed by atoms with Crippen LogP contribution in [0.4, 0.5) is 10.5 Å². The number of carbonyl (C=O) groups is 1. The van der Waals surface area contributed by atoms with Crippen LogP contribution in [0.15, 0.2) is 48.5 Å². The van der Waals surface area contributed by atoms with Gasteiger partial charge in [0.1, 0.15) is 5.75 Å². The van der Waals surface area contributed by atoms with Crippen molar-refractivity contribution < 1.29 is 9.53 Å². The van der Waals surface area contributed by atoms with Gasteiger partial charge in [0.2, 0.25) is 0 Å². The van der Waals surface area contributed by atoms with Crippen LogP contribution >= 0.6 is 0 Å². The van der Waals surface area contributed by atoms with Crippen molar-refractivity contribution in [1.82, 2.24) is 10.2 Å². The summed E-state index contributed by atoms with van der Waals surface area (Å²) in [5.41, 5.74) is 3.44. The predicted molar refractivity (Wildman–Crippen MR) is 105 cm³/mol. The number of ether oxygens (including phenoxy) is 1. The Kier molecular flexibility index (Phi) is 6.00. The Hall–Kier alpha value is -2.69. The van der Waals surface area contributed by atoms with E-state index in [0.29, 0.717) is 26.2 Å². The number of nitrogens with zero attached hydrogens (tertiary/aromatic N) is 2. The minimum atomic E-state index is 0.00393. The van der Waals surface area contributed by atoms with Crippen molar-refractivity contribution in [2.45, 2.75) is 20.4 Å². The van der Waals surface area contributed by atoms with Crippen molar-refractivity contribution in [3.05, 3.63) is 59.7 Å². The van der Waals surface area contributed by atoms with Gasteiger partial charge in [0.05, 0.1) is 12.3 Å². The zero-order valence-electron chi connectivity index (χ0n) is 15.6. The van der Waals surface area contributed by atoms with E-state index in [9.17, 15) is 4.79 Å². The molecule has 5 nitrogen and oxygen atoms in total. The molecule has 5 heteroatoms. The first kappa shape index (κ1) is 18.1. The first-order chi connectivity index (χ1) is 12.7. The van der Waals surface area contributed by atoms with Crippen molar-refractivity contribution in [2.75, 3.05) is 37.7 Å². The first-order valence-corrected chi connectivity index (χ1v) is 9.22. The first-order valence-electron chi connectivity index (χ1n) is 9.22. The van der Waals surface area contributed by atoms with Gasteiger partial charge in [0.25, 0.3) is 0 Å². The number of aryl methyl sites for hydroxylation is 1. The van der Waals surface area contributed by atoms with Crippen LogP contribution in [-0.2, 0) is 6.54 Å². The van der Waals surface area contributed by atoms with E-state index < -0.39 is 0 Å². The Balaban J connectivity index is 1.52. The van der Waals surface area contributed by atoms with Gasteiger partial charge < -0.3 is 19.9 Å². The lowest BCUT2D eigenvalue weighted by atomic mass is 10.1. The normalized spacial score (nSPS) is 14.2. The van der Waals surface area contributed by atoms with Gasteiger partial charge >= 0.3 is 6.03 Å². The fraction of sp³-hybridized carbons (Fsp3) is 0.381. The maximum atomic E-state index is 12.4. The van der Waals surface area contributed by atoms with E-state index in [2.05, 4.69) is 35.3 Å². The quantitative estimate of drug-likeness (QED) is 0.896. The third kappa shape index (κ3) is 4.48. The van der Waals surface area contributed by atoms with Crippen molar-refractivity contribution >= 4 is 11.7 Å². The van der Waals surface area contributed by atoms with Crippen LogP contribution in [0.3, 0.4) is 0 Å². The molecule has 1 saturated heterocycles. The lowest BCUT2D eigenvalue weighted by Gasteiger charge is -2.36. The van der Waals surface area contributed by atoms with E-state index in [1.54, 1.807) is 0 Å². The molecule has 1 N–H and O–H groups in total. The lowest BCUT2D eigenvalue weighted by Crippen LogP contribution is -2.51. The number of nitrogens with one attached hydrogen (secondary N) is 1. The second-order valence-electron chi connectivity index (χ2n) is 6.52. The summed E-state index contributed by atoms with van der Waals surface area (Å²) in [5, 5.41) is 3.03. The Bertz CT molecular complexity index is 740. The monoisotopic (exact) mass is 353 g/mol. The van der Waals surface area contributed by atoms with E-state index in [-0.39, 0.29) is 6.03 Å². The fourth-order valence-electron chi connectivity index (χ4n) is 3.26. The number of urea groups is 1. The molecule has 1 fully saturated rings. The second kappa shape index (κ2) is 8.61. The van der Waals surface area contributed by atoms with Crippen LogP contribution in [0.5, 0.6) is 5.75 Å². The molecule has 1 heterocycles. The van der Waals surface area contributed by atoms with Crippen molar-refractivity contribution in [2.24, 2.45) is 0 Å². The number of hydrogen-bond donors (Lipinski definition) is 1. The fourth-order valence-corrected chi connectivity index (χ4v) is 3.26. The molecule has 0 spiro atoms. The summed E-state index contributed by atoms with van der Waals surface area (Å²) in [6.07, 6.45) is 0. The van der Waals surface area contributed by atoms with E-state index in [0.717, 1.165) is 30.1 Å².